The minimum absolute atomic E-state index is 0.166. The second kappa shape index (κ2) is 6.36. The number of benzene rings is 2. The normalized spacial score (nSPS) is 12.1. The van der Waals surface area contributed by atoms with Crippen molar-refractivity contribution >= 4 is 27.5 Å². The van der Waals surface area contributed by atoms with Crippen LogP contribution in [0, 0.1) is 27.7 Å². The van der Waals surface area contributed by atoms with Crippen LogP contribution >= 0.6 is 11.3 Å². The molecule has 0 saturated heterocycles. The van der Waals surface area contributed by atoms with Gasteiger partial charge >= 0.3 is 0 Å². The lowest BCUT2D eigenvalue weighted by Gasteiger charge is -2.05. The van der Waals surface area contributed by atoms with Crippen LogP contribution in [0.5, 0.6) is 0 Å². The Bertz CT molecular complexity index is 1010. The third kappa shape index (κ3) is 2.82. The average Bonchev–Trinajstić information content (AvgIpc) is 2.92. The van der Waals surface area contributed by atoms with Gasteiger partial charge in [0.2, 0.25) is 0 Å². The highest BCUT2D eigenvalue weighted by atomic mass is 32.1. The van der Waals surface area contributed by atoms with Crippen LogP contribution < -0.4 is 4.80 Å². The summed E-state index contributed by atoms with van der Waals surface area (Å²) in [6.07, 6.45) is 0. The average molecular weight is 338 g/mol. The zero-order chi connectivity index (χ0) is 17.4. The third-order valence-electron chi connectivity index (χ3n) is 4.36. The number of hydrogen-bond donors (Lipinski definition) is 0. The van der Waals surface area contributed by atoms with Crippen LogP contribution in [-0.2, 0) is 6.54 Å². The summed E-state index contributed by atoms with van der Waals surface area (Å²) in [5.74, 6) is -0.166. The summed E-state index contributed by atoms with van der Waals surface area (Å²) in [5, 5.41) is 0. The molecular formula is C20H22N2OS. The first-order valence-electron chi connectivity index (χ1n) is 8.18. The zero-order valence-corrected chi connectivity index (χ0v) is 15.6. The molecule has 4 heteroatoms. The van der Waals surface area contributed by atoms with Crippen LogP contribution in [0.3, 0.4) is 0 Å². The Labute approximate surface area is 146 Å². The fraction of sp³-hybridized carbons (Fsp3) is 0.300. The second-order valence-corrected chi connectivity index (χ2v) is 7.22. The van der Waals surface area contributed by atoms with Crippen molar-refractivity contribution in [3.05, 3.63) is 63.0 Å². The van der Waals surface area contributed by atoms with Gasteiger partial charge in [-0.1, -0.05) is 41.2 Å². The first-order valence-corrected chi connectivity index (χ1v) is 9.00. The highest BCUT2D eigenvalue weighted by Crippen LogP contribution is 2.25. The topological polar surface area (TPSA) is 34.4 Å². The zero-order valence-electron chi connectivity index (χ0n) is 14.8. The lowest BCUT2D eigenvalue weighted by Crippen LogP contribution is -2.16. The van der Waals surface area contributed by atoms with E-state index in [9.17, 15) is 4.79 Å². The number of aryl methyl sites for hydroxylation is 5. The Kier molecular flexibility index (Phi) is 4.41. The van der Waals surface area contributed by atoms with Crippen molar-refractivity contribution in [3.63, 3.8) is 0 Å². The number of nitrogens with zero attached hydrogens (tertiary/aromatic N) is 2. The highest BCUT2D eigenvalue weighted by molar-refractivity contribution is 7.16. The second-order valence-electron chi connectivity index (χ2n) is 6.24. The largest absolute Gasteiger partial charge is 0.316 e. The molecule has 124 valence electrons. The van der Waals surface area contributed by atoms with Gasteiger partial charge in [-0.05, 0) is 57.4 Å². The maximum absolute atomic E-state index is 12.7. The first-order chi connectivity index (χ1) is 11.4. The maximum Gasteiger partial charge on any atom is 0.279 e. The molecule has 0 aliphatic carbocycles. The quantitative estimate of drug-likeness (QED) is 0.667. The standard InChI is InChI=1S/C20H22N2OS/c1-6-22-17-14(4)9-10-15(5)18(17)24-20(22)21-19(23)16-11-12(2)7-8-13(16)3/h7-11H,6H2,1-5H3. The van der Waals surface area contributed by atoms with E-state index in [0.29, 0.717) is 5.56 Å². The van der Waals surface area contributed by atoms with Crippen molar-refractivity contribution in [2.24, 2.45) is 4.99 Å². The lowest BCUT2D eigenvalue weighted by atomic mass is 10.1. The molecule has 0 unspecified atom stereocenters. The molecule has 1 amide bonds. The highest BCUT2D eigenvalue weighted by Gasteiger charge is 2.13. The van der Waals surface area contributed by atoms with Gasteiger partial charge in [-0.15, -0.1) is 0 Å². The Morgan fingerprint density at radius 1 is 1.04 bits per heavy atom. The smallest absolute Gasteiger partial charge is 0.279 e. The van der Waals surface area contributed by atoms with E-state index in [2.05, 4.69) is 42.5 Å². The predicted molar refractivity (Wildman–Crippen MR) is 101 cm³/mol. The van der Waals surface area contributed by atoms with Crippen molar-refractivity contribution in [1.82, 2.24) is 4.57 Å². The molecule has 0 saturated carbocycles. The minimum Gasteiger partial charge on any atom is -0.316 e. The molecule has 0 aliphatic rings. The van der Waals surface area contributed by atoms with E-state index >= 15 is 0 Å². The Morgan fingerprint density at radius 3 is 2.42 bits per heavy atom. The number of carbonyl (C=O) groups is 1. The predicted octanol–water partition coefficient (Wildman–Crippen LogP) is 4.70. The summed E-state index contributed by atoms with van der Waals surface area (Å²) in [4.78, 5) is 18.0. The molecule has 1 heterocycles. The summed E-state index contributed by atoms with van der Waals surface area (Å²) in [5.41, 5.74) is 6.35. The fourth-order valence-corrected chi connectivity index (χ4v) is 4.21. The van der Waals surface area contributed by atoms with Gasteiger partial charge in [-0.3, -0.25) is 4.79 Å². The third-order valence-corrected chi connectivity index (χ3v) is 5.57. The Balaban J connectivity index is 2.24. The van der Waals surface area contributed by atoms with Crippen LogP contribution in [0.4, 0.5) is 0 Å². The van der Waals surface area contributed by atoms with Crippen LogP contribution in [0.2, 0.25) is 0 Å². The van der Waals surface area contributed by atoms with E-state index in [4.69, 9.17) is 0 Å². The monoisotopic (exact) mass is 338 g/mol. The van der Waals surface area contributed by atoms with Gasteiger partial charge in [0.15, 0.2) is 4.80 Å². The summed E-state index contributed by atoms with van der Waals surface area (Å²) < 4.78 is 3.36. The van der Waals surface area contributed by atoms with Gasteiger partial charge in [0.1, 0.15) is 0 Å². The molecule has 1 aromatic heterocycles. The Hall–Kier alpha value is -2.20. The summed E-state index contributed by atoms with van der Waals surface area (Å²) in [7, 11) is 0. The molecule has 0 N–H and O–H groups in total. The molecule has 3 nitrogen and oxygen atoms in total. The van der Waals surface area contributed by atoms with E-state index < -0.39 is 0 Å². The van der Waals surface area contributed by atoms with Gasteiger partial charge in [0.25, 0.3) is 5.91 Å². The molecule has 24 heavy (non-hydrogen) atoms. The van der Waals surface area contributed by atoms with Crippen molar-refractivity contribution < 1.29 is 4.79 Å². The van der Waals surface area contributed by atoms with Crippen LogP contribution in [0.1, 0.15) is 39.5 Å². The van der Waals surface area contributed by atoms with E-state index in [1.807, 2.05) is 32.0 Å². The number of carbonyl (C=O) groups excluding carboxylic acids is 1. The van der Waals surface area contributed by atoms with E-state index in [1.54, 1.807) is 11.3 Å². The molecule has 0 radical (unpaired) electrons. The minimum atomic E-state index is -0.166. The number of aromatic nitrogens is 1. The molecule has 0 spiro atoms. The van der Waals surface area contributed by atoms with Gasteiger partial charge in [-0.2, -0.15) is 4.99 Å². The van der Waals surface area contributed by atoms with Gasteiger partial charge in [-0.25, -0.2) is 0 Å². The molecular weight excluding hydrogens is 316 g/mol. The van der Waals surface area contributed by atoms with Crippen LogP contribution in [-0.4, -0.2) is 10.5 Å². The molecule has 0 atom stereocenters. The summed E-state index contributed by atoms with van der Waals surface area (Å²) in [6, 6.07) is 10.2. The molecule has 3 rings (SSSR count). The number of hydrogen-bond acceptors (Lipinski definition) is 2. The number of fused-ring (bicyclic) bond motifs is 1. The van der Waals surface area contributed by atoms with Gasteiger partial charge < -0.3 is 4.57 Å². The molecule has 0 bridgehead atoms. The number of rotatable bonds is 2. The fourth-order valence-electron chi connectivity index (χ4n) is 2.97. The van der Waals surface area contributed by atoms with E-state index in [-0.39, 0.29) is 5.91 Å². The molecule has 3 aromatic rings. The van der Waals surface area contributed by atoms with E-state index in [0.717, 1.165) is 22.5 Å². The van der Waals surface area contributed by atoms with Crippen LogP contribution in [0.25, 0.3) is 10.2 Å². The Morgan fingerprint density at radius 2 is 1.71 bits per heavy atom. The summed E-state index contributed by atoms with van der Waals surface area (Å²) in [6.45, 7) is 11.0. The summed E-state index contributed by atoms with van der Waals surface area (Å²) >= 11 is 1.60. The number of amides is 1. The SMILES string of the molecule is CCn1c(=NC(=O)c2cc(C)ccc2C)sc2c(C)ccc(C)c21. The molecule has 2 aromatic carbocycles. The van der Waals surface area contributed by atoms with Gasteiger partial charge in [0, 0.05) is 12.1 Å². The van der Waals surface area contributed by atoms with Crippen molar-refractivity contribution in [2.45, 2.75) is 41.2 Å². The van der Waals surface area contributed by atoms with Crippen LogP contribution in [0.15, 0.2) is 35.3 Å². The van der Waals surface area contributed by atoms with Crippen molar-refractivity contribution in [3.8, 4) is 0 Å². The lowest BCUT2D eigenvalue weighted by molar-refractivity contribution is 0.0997. The van der Waals surface area contributed by atoms with Crippen molar-refractivity contribution in [2.75, 3.05) is 0 Å². The molecule has 0 aliphatic heterocycles. The number of thiazole rings is 1. The van der Waals surface area contributed by atoms with Gasteiger partial charge in [0.05, 0.1) is 10.2 Å². The van der Waals surface area contributed by atoms with E-state index in [1.165, 1.54) is 21.3 Å². The molecule has 0 fully saturated rings. The first kappa shape index (κ1) is 16.7. The maximum atomic E-state index is 12.7. The van der Waals surface area contributed by atoms with Crippen molar-refractivity contribution in [1.29, 1.82) is 0 Å².